The van der Waals surface area contributed by atoms with Crippen LogP contribution in [0.4, 0.5) is 5.82 Å². The minimum atomic E-state index is -0.126. The summed E-state index contributed by atoms with van der Waals surface area (Å²) in [6.07, 6.45) is 2.25. The van der Waals surface area contributed by atoms with Crippen LogP contribution >= 0.6 is 0 Å². The fourth-order valence-electron chi connectivity index (χ4n) is 3.07. The van der Waals surface area contributed by atoms with Gasteiger partial charge in [-0.3, -0.25) is 4.79 Å². The van der Waals surface area contributed by atoms with E-state index in [1.54, 1.807) is 0 Å². The normalized spacial score (nSPS) is 20.6. The summed E-state index contributed by atoms with van der Waals surface area (Å²) in [7, 11) is 0. The first-order valence-electron chi connectivity index (χ1n) is 6.72. The summed E-state index contributed by atoms with van der Waals surface area (Å²) in [5, 5.41) is 12.3. The Hall–Kier alpha value is -1.62. The van der Waals surface area contributed by atoms with E-state index in [1.807, 2.05) is 6.07 Å². The summed E-state index contributed by atoms with van der Waals surface area (Å²) in [6.45, 7) is 5.67. The lowest BCUT2D eigenvalue weighted by Crippen LogP contribution is -2.39. The second kappa shape index (κ2) is 4.20. The molecule has 1 fully saturated rings. The van der Waals surface area contributed by atoms with E-state index >= 15 is 0 Å². The summed E-state index contributed by atoms with van der Waals surface area (Å²) in [5.74, 6) is 0.743. The summed E-state index contributed by atoms with van der Waals surface area (Å²) in [4.78, 5) is 18.6. The monoisotopic (exact) mass is 261 g/mol. The molecular formula is C14H19N3O2. The first-order valence-corrected chi connectivity index (χ1v) is 6.72. The van der Waals surface area contributed by atoms with Gasteiger partial charge in [0.25, 0.3) is 5.91 Å². The zero-order valence-corrected chi connectivity index (χ0v) is 11.4. The van der Waals surface area contributed by atoms with E-state index in [0.29, 0.717) is 17.8 Å². The average molecular weight is 261 g/mol. The molecule has 19 heavy (non-hydrogen) atoms. The SMILES string of the molecule is CC1(C)CCCN1c1cc2c(c(CO)n1)CNC2=O. The van der Waals surface area contributed by atoms with Gasteiger partial charge in [-0.2, -0.15) is 0 Å². The number of pyridine rings is 1. The lowest BCUT2D eigenvalue weighted by atomic mass is 10.0. The van der Waals surface area contributed by atoms with Gasteiger partial charge in [-0.1, -0.05) is 0 Å². The summed E-state index contributed by atoms with van der Waals surface area (Å²) < 4.78 is 0. The van der Waals surface area contributed by atoms with Crippen LogP contribution < -0.4 is 10.2 Å². The molecule has 0 atom stereocenters. The summed E-state index contributed by atoms with van der Waals surface area (Å²) in [6, 6.07) is 1.86. The van der Waals surface area contributed by atoms with Gasteiger partial charge >= 0.3 is 0 Å². The number of aromatic nitrogens is 1. The molecule has 5 nitrogen and oxygen atoms in total. The smallest absolute Gasteiger partial charge is 0.252 e. The molecule has 1 saturated heterocycles. The highest BCUT2D eigenvalue weighted by Crippen LogP contribution is 2.34. The highest BCUT2D eigenvalue weighted by Gasteiger charge is 2.34. The Balaban J connectivity index is 2.08. The standard InChI is InChI=1S/C14H19N3O2/c1-14(2)4-3-5-17(14)12-6-9-10(7-15-13(9)19)11(8-18)16-12/h6,18H,3-5,7-8H2,1-2H3,(H,15,19). The summed E-state index contributed by atoms with van der Waals surface area (Å²) in [5.41, 5.74) is 2.18. The minimum Gasteiger partial charge on any atom is -0.390 e. The molecule has 0 spiro atoms. The van der Waals surface area contributed by atoms with Crippen LogP contribution in [0.3, 0.4) is 0 Å². The Morgan fingerprint density at radius 2 is 2.32 bits per heavy atom. The van der Waals surface area contributed by atoms with Crippen molar-refractivity contribution in [2.45, 2.75) is 45.4 Å². The van der Waals surface area contributed by atoms with Gasteiger partial charge in [0.1, 0.15) is 5.82 Å². The number of anilines is 1. The van der Waals surface area contributed by atoms with Crippen molar-refractivity contribution in [3.05, 3.63) is 22.9 Å². The Morgan fingerprint density at radius 1 is 1.53 bits per heavy atom. The summed E-state index contributed by atoms with van der Waals surface area (Å²) >= 11 is 0. The molecule has 0 radical (unpaired) electrons. The first-order chi connectivity index (χ1) is 9.03. The van der Waals surface area contributed by atoms with E-state index in [2.05, 4.69) is 29.0 Å². The highest BCUT2D eigenvalue weighted by atomic mass is 16.3. The molecule has 5 heteroatoms. The van der Waals surface area contributed by atoms with Gasteiger partial charge in [0.2, 0.25) is 0 Å². The number of hydrogen-bond donors (Lipinski definition) is 2. The molecule has 0 unspecified atom stereocenters. The number of rotatable bonds is 2. The fraction of sp³-hybridized carbons (Fsp3) is 0.571. The molecule has 0 aliphatic carbocycles. The molecule has 2 aliphatic heterocycles. The lowest BCUT2D eigenvalue weighted by Gasteiger charge is -2.33. The van der Waals surface area contributed by atoms with E-state index in [-0.39, 0.29) is 18.1 Å². The van der Waals surface area contributed by atoms with Gasteiger partial charge in [-0.05, 0) is 32.8 Å². The van der Waals surface area contributed by atoms with Crippen LogP contribution in [0, 0.1) is 0 Å². The lowest BCUT2D eigenvalue weighted by molar-refractivity contribution is 0.0965. The topological polar surface area (TPSA) is 65.5 Å². The van der Waals surface area contributed by atoms with Crippen LogP contribution in [0.1, 0.15) is 48.3 Å². The number of aliphatic hydroxyl groups excluding tert-OH is 1. The van der Waals surface area contributed by atoms with Crippen molar-refractivity contribution in [2.75, 3.05) is 11.4 Å². The number of fused-ring (bicyclic) bond motifs is 1. The zero-order chi connectivity index (χ0) is 13.6. The number of aliphatic hydroxyl groups is 1. The number of carbonyl (C=O) groups is 1. The number of carbonyl (C=O) groups excluding carboxylic acids is 1. The molecule has 0 saturated carbocycles. The molecule has 1 amide bonds. The van der Waals surface area contributed by atoms with Crippen molar-refractivity contribution in [1.29, 1.82) is 0 Å². The average Bonchev–Trinajstić information content (AvgIpc) is 2.91. The van der Waals surface area contributed by atoms with Gasteiger partial charge in [0.15, 0.2) is 0 Å². The van der Waals surface area contributed by atoms with Crippen molar-refractivity contribution >= 4 is 11.7 Å². The molecule has 1 aromatic rings. The van der Waals surface area contributed by atoms with Crippen LogP contribution in [-0.4, -0.2) is 28.1 Å². The van der Waals surface area contributed by atoms with Gasteiger partial charge in [-0.15, -0.1) is 0 Å². The number of nitrogens with zero attached hydrogens (tertiary/aromatic N) is 2. The molecule has 1 aromatic heterocycles. The van der Waals surface area contributed by atoms with Crippen molar-refractivity contribution in [3.63, 3.8) is 0 Å². The molecular weight excluding hydrogens is 242 g/mol. The van der Waals surface area contributed by atoms with Crippen LogP contribution in [0.2, 0.25) is 0 Å². The van der Waals surface area contributed by atoms with Crippen molar-refractivity contribution < 1.29 is 9.90 Å². The molecule has 3 rings (SSSR count). The van der Waals surface area contributed by atoms with E-state index in [0.717, 1.165) is 30.8 Å². The van der Waals surface area contributed by atoms with Gasteiger partial charge in [-0.25, -0.2) is 4.98 Å². The Kier molecular flexibility index (Phi) is 2.74. The minimum absolute atomic E-state index is 0.0586. The number of hydrogen-bond acceptors (Lipinski definition) is 4. The second-order valence-corrected chi connectivity index (χ2v) is 5.86. The Morgan fingerprint density at radius 3 is 2.95 bits per heavy atom. The third kappa shape index (κ3) is 1.89. The van der Waals surface area contributed by atoms with E-state index in [1.165, 1.54) is 0 Å². The van der Waals surface area contributed by atoms with Crippen molar-refractivity contribution in [1.82, 2.24) is 10.3 Å². The van der Waals surface area contributed by atoms with E-state index in [4.69, 9.17) is 0 Å². The fourth-order valence-corrected chi connectivity index (χ4v) is 3.07. The predicted octanol–water partition coefficient (Wildman–Crippen LogP) is 1.20. The quantitative estimate of drug-likeness (QED) is 0.839. The molecule has 0 bridgehead atoms. The van der Waals surface area contributed by atoms with Gasteiger partial charge < -0.3 is 15.3 Å². The second-order valence-electron chi connectivity index (χ2n) is 5.86. The first kappa shape index (κ1) is 12.4. The maximum absolute atomic E-state index is 11.8. The largest absolute Gasteiger partial charge is 0.390 e. The molecule has 0 aromatic carbocycles. The van der Waals surface area contributed by atoms with E-state index in [9.17, 15) is 9.90 Å². The van der Waals surface area contributed by atoms with Gasteiger partial charge in [0.05, 0.1) is 12.3 Å². The third-order valence-electron chi connectivity index (χ3n) is 4.19. The van der Waals surface area contributed by atoms with Crippen LogP contribution in [-0.2, 0) is 13.2 Å². The number of nitrogens with one attached hydrogen (secondary N) is 1. The van der Waals surface area contributed by atoms with E-state index < -0.39 is 0 Å². The van der Waals surface area contributed by atoms with Crippen LogP contribution in [0.15, 0.2) is 6.07 Å². The highest BCUT2D eigenvalue weighted by molar-refractivity contribution is 5.99. The molecule has 102 valence electrons. The number of amides is 1. The third-order valence-corrected chi connectivity index (χ3v) is 4.19. The van der Waals surface area contributed by atoms with Crippen LogP contribution in [0.5, 0.6) is 0 Å². The predicted molar refractivity (Wildman–Crippen MR) is 72.0 cm³/mol. The molecule has 2 N–H and O–H groups in total. The van der Waals surface area contributed by atoms with Crippen LogP contribution in [0.25, 0.3) is 0 Å². The Labute approximate surface area is 112 Å². The zero-order valence-electron chi connectivity index (χ0n) is 11.4. The molecule has 2 aliphatic rings. The Bertz CT molecular complexity index is 540. The van der Waals surface area contributed by atoms with Gasteiger partial charge in [0, 0.05) is 29.8 Å². The van der Waals surface area contributed by atoms with Crippen molar-refractivity contribution in [3.8, 4) is 0 Å². The maximum atomic E-state index is 11.8. The molecule has 3 heterocycles. The maximum Gasteiger partial charge on any atom is 0.252 e. The van der Waals surface area contributed by atoms with Crippen molar-refractivity contribution in [2.24, 2.45) is 0 Å².